The van der Waals surface area contributed by atoms with Gasteiger partial charge in [-0.3, -0.25) is 4.79 Å². The molecule has 4 nitrogen and oxygen atoms in total. The lowest BCUT2D eigenvalue weighted by atomic mass is 10.0. The molecular weight excluding hydrogens is 404 g/mol. The Morgan fingerprint density at radius 1 is 1.33 bits per heavy atom. The molecule has 0 aliphatic heterocycles. The largest absolute Gasteiger partial charge is 0.481 e. The van der Waals surface area contributed by atoms with Gasteiger partial charge in [0.05, 0.1) is 0 Å². The molecule has 0 aromatic heterocycles. The van der Waals surface area contributed by atoms with E-state index in [0.29, 0.717) is 23.4 Å². The van der Waals surface area contributed by atoms with Crippen molar-refractivity contribution in [2.45, 2.75) is 6.42 Å². The lowest BCUT2D eigenvalue weighted by molar-refractivity contribution is -0.112. The van der Waals surface area contributed by atoms with Crippen LogP contribution >= 0.6 is 15.9 Å². The molecule has 2 rings (SSSR count). The molecule has 0 aliphatic rings. The van der Waals surface area contributed by atoms with Crippen LogP contribution in [0.15, 0.2) is 65.2 Å². The number of ether oxygens (including phenoxy) is 1. The summed E-state index contributed by atoms with van der Waals surface area (Å²) in [5.74, 6) is 2.60. The third-order valence-corrected chi connectivity index (χ3v) is 4.01. The van der Waals surface area contributed by atoms with E-state index in [-0.39, 0.29) is 12.2 Å². The van der Waals surface area contributed by atoms with Gasteiger partial charge in [-0.2, -0.15) is 5.26 Å². The highest BCUT2D eigenvalue weighted by Crippen LogP contribution is 2.23. The van der Waals surface area contributed by atoms with Crippen LogP contribution in [-0.4, -0.2) is 12.5 Å². The molecule has 0 bridgehead atoms. The standard InChI is InChI=1S/C22H17BrN2O2/c1-3-6-17-12-16(9-10-21(17)27-11-4-2)13-18(15-24)22(26)25-20-8-5-7-19(23)14-20/h2-3,5,7-10,12-14H,1,6,11H2,(H,25,26)/b18-13-. The van der Waals surface area contributed by atoms with Gasteiger partial charge in [-0.25, -0.2) is 0 Å². The third kappa shape index (κ3) is 5.88. The van der Waals surface area contributed by atoms with E-state index in [2.05, 4.69) is 33.7 Å². The lowest BCUT2D eigenvalue weighted by Crippen LogP contribution is -2.13. The van der Waals surface area contributed by atoms with E-state index in [9.17, 15) is 10.1 Å². The summed E-state index contributed by atoms with van der Waals surface area (Å²) in [5.41, 5.74) is 2.18. The maximum Gasteiger partial charge on any atom is 0.266 e. The summed E-state index contributed by atoms with van der Waals surface area (Å²) in [5, 5.41) is 12.1. The van der Waals surface area contributed by atoms with Crippen LogP contribution in [0.3, 0.4) is 0 Å². The van der Waals surface area contributed by atoms with Gasteiger partial charge in [-0.1, -0.05) is 40.1 Å². The van der Waals surface area contributed by atoms with Crippen LogP contribution in [0.5, 0.6) is 5.75 Å². The van der Waals surface area contributed by atoms with E-state index in [0.717, 1.165) is 10.0 Å². The zero-order valence-corrected chi connectivity index (χ0v) is 16.1. The minimum absolute atomic E-state index is 0.00294. The Morgan fingerprint density at radius 2 is 2.15 bits per heavy atom. The average molecular weight is 421 g/mol. The first-order valence-electron chi connectivity index (χ1n) is 8.06. The maximum atomic E-state index is 12.4. The summed E-state index contributed by atoms with van der Waals surface area (Å²) in [6.07, 6.45) is 9.09. The summed E-state index contributed by atoms with van der Waals surface area (Å²) in [4.78, 5) is 12.4. The van der Waals surface area contributed by atoms with E-state index < -0.39 is 5.91 Å². The number of terminal acetylenes is 1. The highest BCUT2D eigenvalue weighted by atomic mass is 79.9. The molecule has 1 N–H and O–H groups in total. The number of allylic oxidation sites excluding steroid dienone is 1. The van der Waals surface area contributed by atoms with Gasteiger partial charge in [0.1, 0.15) is 24.0 Å². The Morgan fingerprint density at radius 3 is 2.81 bits per heavy atom. The molecule has 2 aromatic rings. The van der Waals surface area contributed by atoms with Crippen molar-refractivity contribution in [3.63, 3.8) is 0 Å². The average Bonchev–Trinajstić information content (AvgIpc) is 2.65. The van der Waals surface area contributed by atoms with Gasteiger partial charge < -0.3 is 10.1 Å². The third-order valence-electron chi connectivity index (χ3n) is 3.52. The van der Waals surface area contributed by atoms with Crippen LogP contribution in [0.25, 0.3) is 6.08 Å². The Labute approximate surface area is 167 Å². The van der Waals surface area contributed by atoms with Crippen molar-refractivity contribution in [1.82, 2.24) is 0 Å². The number of rotatable bonds is 7. The first-order valence-corrected chi connectivity index (χ1v) is 8.85. The van der Waals surface area contributed by atoms with Crippen molar-refractivity contribution in [3.05, 3.63) is 76.3 Å². The van der Waals surface area contributed by atoms with Crippen molar-refractivity contribution in [2.24, 2.45) is 0 Å². The number of hydrogen-bond acceptors (Lipinski definition) is 3. The molecule has 0 fully saturated rings. The Kier molecular flexibility index (Phi) is 7.43. The van der Waals surface area contributed by atoms with Crippen LogP contribution in [0.2, 0.25) is 0 Å². The van der Waals surface area contributed by atoms with Crippen LogP contribution < -0.4 is 10.1 Å². The van der Waals surface area contributed by atoms with Crippen molar-refractivity contribution in [1.29, 1.82) is 5.26 Å². The quantitative estimate of drug-likeness (QED) is 0.304. The minimum atomic E-state index is -0.478. The van der Waals surface area contributed by atoms with Crippen molar-refractivity contribution >= 4 is 33.6 Å². The first-order chi connectivity index (χ1) is 13.1. The highest BCUT2D eigenvalue weighted by molar-refractivity contribution is 9.10. The second-order valence-electron chi connectivity index (χ2n) is 5.49. The SMILES string of the molecule is C#CCOc1ccc(/C=C(/C#N)C(=O)Nc2cccc(Br)c2)cc1CC=C. The molecule has 0 unspecified atom stereocenters. The smallest absolute Gasteiger partial charge is 0.266 e. The number of nitriles is 1. The number of nitrogens with zero attached hydrogens (tertiary/aromatic N) is 1. The summed E-state index contributed by atoms with van der Waals surface area (Å²) in [6, 6.07) is 14.5. The van der Waals surface area contributed by atoms with E-state index in [1.165, 1.54) is 6.08 Å². The zero-order chi connectivity index (χ0) is 19.6. The Balaban J connectivity index is 2.26. The van der Waals surface area contributed by atoms with Gasteiger partial charge >= 0.3 is 0 Å². The molecule has 0 saturated heterocycles. The molecule has 134 valence electrons. The summed E-state index contributed by atoms with van der Waals surface area (Å²) in [6.45, 7) is 3.90. The van der Waals surface area contributed by atoms with Crippen molar-refractivity contribution in [2.75, 3.05) is 11.9 Å². The maximum absolute atomic E-state index is 12.4. The van der Waals surface area contributed by atoms with Gasteiger partial charge in [0.15, 0.2) is 0 Å². The number of carbonyl (C=O) groups excluding carboxylic acids is 1. The summed E-state index contributed by atoms with van der Waals surface area (Å²) in [7, 11) is 0. The fourth-order valence-corrected chi connectivity index (χ4v) is 2.74. The number of benzene rings is 2. The van der Waals surface area contributed by atoms with Gasteiger partial charge in [0.2, 0.25) is 0 Å². The number of anilines is 1. The van der Waals surface area contributed by atoms with Crippen LogP contribution in [-0.2, 0) is 11.2 Å². The Bertz CT molecular complexity index is 965. The van der Waals surface area contributed by atoms with Gasteiger partial charge in [-0.05, 0) is 54.0 Å². The molecule has 0 saturated carbocycles. The van der Waals surface area contributed by atoms with Crippen molar-refractivity contribution < 1.29 is 9.53 Å². The molecule has 0 heterocycles. The molecule has 0 radical (unpaired) electrons. The first kappa shape index (κ1) is 20.0. The van der Waals surface area contributed by atoms with E-state index in [1.807, 2.05) is 18.2 Å². The summed E-state index contributed by atoms with van der Waals surface area (Å²) >= 11 is 3.34. The monoisotopic (exact) mass is 420 g/mol. The number of halogens is 1. The van der Waals surface area contributed by atoms with Gasteiger partial charge in [-0.15, -0.1) is 13.0 Å². The fraction of sp³-hybridized carbons (Fsp3) is 0.0909. The van der Waals surface area contributed by atoms with Crippen LogP contribution in [0.4, 0.5) is 5.69 Å². The molecule has 0 aliphatic carbocycles. The van der Waals surface area contributed by atoms with Crippen molar-refractivity contribution in [3.8, 4) is 24.2 Å². The number of hydrogen-bond donors (Lipinski definition) is 1. The predicted octanol–water partition coefficient (Wildman–Crippen LogP) is 4.74. The minimum Gasteiger partial charge on any atom is -0.481 e. The number of nitrogens with one attached hydrogen (secondary N) is 1. The zero-order valence-electron chi connectivity index (χ0n) is 14.5. The number of amides is 1. The predicted molar refractivity (Wildman–Crippen MR) is 111 cm³/mol. The molecule has 5 heteroatoms. The molecule has 1 amide bonds. The molecular formula is C22H17BrN2O2. The number of carbonyl (C=O) groups is 1. The van der Waals surface area contributed by atoms with Gasteiger partial charge in [0, 0.05) is 10.2 Å². The normalized spacial score (nSPS) is 10.4. The van der Waals surface area contributed by atoms with Crippen LogP contribution in [0.1, 0.15) is 11.1 Å². The second-order valence-corrected chi connectivity index (χ2v) is 6.40. The molecule has 0 spiro atoms. The van der Waals surface area contributed by atoms with Gasteiger partial charge in [0.25, 0.3) is 5.91 Å². The van der Waals surface area contributed by atoms with E-state index in [4.69, 9.17) is 11.2 Å². The lowest BCUT2D eigenvalue weighted by Gasteiger charge is -2.10. The van der Waals surface area contributed by atoms with E-state index in [1.54, 1.807) is 36.4 Å². The fourth-order valence-electron chi connectivity index (χ4n) is 2.34. The second kappa shape index (κ2) is 10.0. The molecule has 2 aromatic carbocycles. The highest BCUT2D eigenvalue weighted by Gasteiger charge is 2.11. The van der Waals surface area contributed by atoms with E-state index >= 15 is 0 Å². The molecule has 27 heavy (non-hydrogen) atoms. The van der Waals surface area contributed by atoms with Crippen LogP contribution in [0, 0.1) is 23.7 Å². The molecule has 0 atom stereocenters. The summed E-state index contributed by atoms with van der Waals surface area (Å²) < 4.78 is 6.34. The Hall–Kier alpha value is -3.28. The topological polar surface area (TPSA) is 62.1 Å².